The first-order chi connectivity index (χ1) is 15.1. The monoisotopic (exact) mass is 443 g/mol. The zero-order chi connectivity index (χ0) is 22.8. The number of carbonyl (C=O) groups excluding carboxylic acids is 2. The van der Waals surface area contributed by atoms with Crippen LogP contribution in [0.15, 0.2) is 18.5 Å². The molecule has 2 saturated heterocycles. The Balaban J connectivity index is 1.26. The smallest absolute Gasteiger partial charge is 0.404 e. The average molecular weight is 443 g/mol. The van der Waals surface area contributed by atoms with Crippen LogP contribution in [0, 0.1) is 23.1 Å². The van der Waals surface area contributed by atoms with Crippen LogP contribution in [0.25, 0.3) is 0 Å². The van der Waals surface area contributed by atoms with E-state index < -0.39 is 24.9 Å². The third kappa shape index (κ3) is 3.19. The molecule has 2 bridgehead atoms. The number of likely N-dealkylation sites (tertiary alicyclic amines) is 1. The second-order valence-corrected chi connectivity index (χ2v) is 10.6. The summed E-state index contributed by atoms with van der Waals surface area (Å²) in [4.78, 5) is 31.1. The van der Waals surface area contributed by atoms with Crippen LogP contribution in [-0.4, -0.2) is 59.0 Å². The maximum absolute atomic E-state index is 13.9. The minimum absolute atomic E-state index is 0.0635. The quantitative estimate of drug-likeness (QED) is 0.724. The highest BCUT2D eigenvalue weighted by atomic mass is 19.1. The summed E-state index contributed by atoms with van der Waals surface area (Å²) in [6, 6.07) is 0.511. The Morgan fingerprint density at radius 2 is 2.12 bits per heavy atom. The van der Waals surface area contributed by atoms with Crippen molar-refractivity contribution in [2.24, 2.45) is 17.3 Å². The molecule has 6 atom stereocenters. The van der Waals surface area contributed by atoms with Crippen LogP contribution >= 0.6 is 0 Å². The number of aromatic nitrogens is 1. The number of hydrogen-bond acceptors (Lipinski definition) is 5. The molecule has 5 aliphatic rings. The molecular weight excluding hydrogens is 412 g/mol. The van der Waals surface area contributed by atoms with Crippen molar-refractivity contribution in [3.63, 3.8) is 0 Å². The molecular formula is C23H31BFN3O4. The number of hydrogen-bond donors (Lipinski definition) is 1. The standard InChI is InChI=1S/C23H31BFN3O4/c1-13(27-20(29)15-7-8-26-12-16(15)25)21(30)28-9-5-6-19(28)24-31-18-11-14-10-17(22(14,2)3)23(18,4)32-24/h7-8,12-14,17-19H,5-6,9-11H2,1-4H3,(H,27,29)/t13-,14?,17?,18?,19?,23+/m1/s1. The number of nitrogens with one attached hydrogen (secondary N) is 1. The van der Waals surface area contributed by atoms with E-state index in [2.05, 4.69) is 31.1 Å². The molecule has 1 aromatic rings. The summed E-state index contributed by atoms with van der Waals surface area (Å²) in [7, 11) is -0.452. The van der Waals surface area contributed by atoms with E-state index in [1.54, 1.807) is 11.8 Å². The molecule has 5 fully saturated rings. The van der Waals surface area contributed by atoms with Gasteiger partial charge >= 0.3 is 7.12 Å². The zero-order valence-electron chi connectivity index (χ0n) is 19.1. The largest absolute Gasteiger partial charge is 0.481 e. The molecule has 2 aliphatic heterocycles. The van der Waals surface area contributed by atoms with Crippen molar-refractivity contribution in [1.82, 2.24) is 15.2 Å². The van der Waals surface area contributed by atoms with Gasteiger partial charge in [-0.1, -0.05) is 13.8 Å². The summed E-state index contributed by atoms with van der Waals surface area (Å²) in [5, 5.41) is 2.63. The van der Waals surface area contributed by atoms with Gasteiger partial charge in [0.1, 0.15) is 6.04 Å². The second-order valence-electron chi connectivity index (χ2n) is 10.6. The average Bonchev–Trinajstić information content (AvgIpc) is 3.36. The number of nitrogens with zero attached hydrogens (tertiary/aromatic N) is 2. The van der Waals surface area contributed by atoms with Crippen LogP contribution in [-0.2, 0) is 14.1 Å². The van der Waals surface area contributed by atoms with Gasteiger partial charge in [-0.15, -0.1) is 0 Å². The van der Waals surface area contributed by atoms with Crippen LogP contribution in [0.1, 0.15) is 63.7 Å². The lowest BCUT2D eigenvalue weighted by Crippen LogP contribution is -2.65. The van der Waals surface area contributed by atoms with E-state index in [1.807, 2.05) is 0 Å². The number of amides is 2. The van der Waals surface area contributed by atoms with Gasteiger partial charge in [-0.3, -0.25) is 14.6 Å². The summed E-state index contributed by atoms with van der Waals surface area (Å²) in [6.45, 7) is 9.04. The summed E-state index contributed by atoms with van der Waals surface area (Å²) in [6.07, 6.45) is 6.24. The lowest BCUT2D eigenvalue weighted by molar-refractivity contribution is -0.199. The number of halogens is 1. The highest BCUT2D eigenvalue weighted by Crippen LogP contribution is 2.65. The first kappa shape index (κ1) is 21.8. The third-order valence-corrected chi connectivity index (χ3v) is 8.60. The van der Waals surface area contributed by atoms with Crippen LogP contribution < -0.4 is 5.32 Å². The Labute approximate surface area is 188 Å². The van der Waals surface area contributed by atoms with Crippen molar-refractivity contribution in [3.05, 3.63) is 29.8 Å². The van der Waals surface area contributed by atoms with Gasteiger partial charge in [-0.2, -0.15) is 0 Å². The molecule has 0 radical (unpaired) electrons. The van der Waals surface area contributed by atoms with Crippen molar-refractivity contribution in [3.8, 4) is 0 Å². The van der Waals surface area contributed by atoms with Crippen LogP contribution in [0.4, 0.5) is 4.39 Å². The SMILES string of the molecule is C[C@@H](NC(=O)c1ccncc1F)C(=O)N1CCCC1B1OC2CC3CC(C3(C)C)[C@]2(C)O1. The molecule has 32 heavy (non-hydrogen) atoms. The summed E-state index contributed by atoms with van der Waals surface area (Å²) in [5.41, 5.74) is -0.187. The lowest BCUT2D eigenvalue weighted by Gasteiger charge is -2.64. The van der Waals surface area contributed by atoms with Crippen LogP contribution in [0.2, 0.25) is 0 Å². The molecule has 2 amide bonds. The molecule has 9 heteroatoms. The highest BCUT2D eigenvalue weighted by molar-refractivity contribution is 6.48. The number of pyridine rings is 1. The van der Waals surface area contributed by atoms with Crippen molar-refractivity contribution < 1.29 is 23.3 Å². The van der Waals surface area contributed by atoms with Gasteiger partial charge in [-0.05, 0) is 62.8 Å². The fourth-order valence-electron chi connectivity index (χ4n) is 6.56. The van der Waals surface area contributed by atoms with Gasteiger partial charge in [0, 0.05) is 12.7 Å². The molecule has 172 valence electrons. The molecule has 1 N–H and O–H groups in total. The van der Waals surface area contributed by atoms with Gasteiger partial charge in [0.25, 0.3) is 5.91 Å². The molecule has 3 heterocycles. The number of rotatable bonds is 4. The molecule has 7 nitrogen and oxygen atoms in total. The second kappa shape index (κ2) is 7.52. The minimum Gasteiger partial charge on any atom is -0.404 e. The van der Waals surface area contributed by atoms with Crippen molar-refractivity contribution in [1.29, 1.82) is 0 Å². The third-order valence-electron chi connectivity index (χ3n) is 8.60. The van der Waals surface area contributed by atoms with Crippen molar-refractivity contribution in [2.75, 3.05) is 6.54 Å². The summed E-state index contributed by atoms with van der Waals surface area (Å²) in [5.74, 6) is -0.598. The Kier molecular flexibility index (Phi) is 5.13. The van der Waals surface area contributed by atoms with Gasteiger partial charge in [-0.25, -0.2) is 4.39 Å². The summed E-state index contributed by atoms with van der Waals surface area (Å²) >= 11 is 0. The Morgan fingerprint density at radius 1 is 1.34 bits per heavy atom. The van der Waals surface area contributed by atoms with Gasteiger partial charge in [0.15, 0.2) is 5.82 Å². The Morgan fingerprint density at radius 3 is 2.84 bits per heavy atom. The summed E-state index contributed by atoms with van der Waals surface area (Å²) < 4.78 is 26.9. The first-order valence-electron chi connectivity index (χ1n) is 11.7. The van der Waals surface area contributed by atoms with E-state index in [0.717, 1.165) is 25.5 Å². The Hall–Kier alpha value is -2.00. The Bertz CT molecular complexity index is 946. The van der Waals surface area contributed by atoms with E-state index in [0.29, 0.717) is 18.4 Å². The fraction of sp³-hybridized carbons (Fsp3) is 0.696. The minimum atomic E-state index is -0.790. The molecule has 3 saturated carbocycles. The zero-order valence-corrected chi connectivity index (χ0v) is 19.1. The van der Waals surface area contributed by atoms with E-state index >= 15 is 0 Å². The topological polar surface area (TPSA) is 80.8 Å². The predicted molar refractivity (Wildman–Crippen MR) is 116 cm³/mol. The fourth-order valence-corrected chi connectivity index (χ4v) is 6.56. The molecule has 1 aromatic heterocycles. The molecule has 0 spiro atoms. The van der Waals surface area contributed by atoms with Gasteiger partial charge < -0.3 is 19.5 Å². The molecule has 3 aliphatic carbocycles. The van der Waals surface area contributed by atoms with Crippen molar-refractivity contribution >= 4 is 18.9 Å². The maximum atomic E-state index is 13.9. The van der Waals surface area contributed by atoms with E-state index in [-0.39, 0.29) is 34.5 Å². The predicted octanol–water partition coefficient (Wildman–Crippen LogP) is 2.60. The van der Waals surface area contributed by atoms with E-state index in [9.17, 15) is 14.0 Å². The lowest BCUT2D eigenvalue weighted by atomic mass is 9.43. The van der Waals surface area contributed by atoms with E-state index in [4.69, 9.17) is 9.31 Å². The maximum Gasteiger partial charge on any atom is 0.481 e. The van der Waals surface area contributed by atoms with E-state index in [1.165, 1.54) is 18.7 Å². The highest BCUT2D eigenvalue weighted by Gasteiger charge is 2.69. The first-order valence-corrected chi connectivity index (χ1v) is 11.7. The molecule has 4 unspecified atom stereocenters. The molecule has 6 rings (SSSR count). The van der Waals surface area contributed by atoms with Gasteiger partial charge in [0.2, 0.25) is 5.91 Å². The van der Waals surface area contributed by atoms with Crippen molar-refractivity contribution in [2.45, 2.75) is 77.1 Å². The van der Waals surface area contributed by atoms with Crippen LogP contribution in [0.5, 0.6) is 0 Å². The normalized spacial score (nSPS) is 35.8. The number of carbonyl (C=O) groups is 2. The van der Waals surface area contributed by atoms with Crippen LogP contribution in [0.3, 0.4) is 0 Å². The van der Waals surface area contributed by atoms with Gasteiger partial charge in [0.05, 0.1) is 29.4 Å². The molecule has 0 aromatic carbocycles.